The summed E-state index contributed by atoms with van der Waals surface area (Å²) in [4.78, 5) is 0. The molecule has 0 rings (SSSR count). The van der Waals surface area contributed by atoms with Crippen molar-refractivity contribution in [1.82, 2.24) is 0 Å². The second kappa shape index (κ2) is 10.3. The van der Waals surface area contributed by atoms with Gasteiger partial charge in [-0.25, -0.2) is 0 Å². The van der Waals surface area contributed by atoms with E-state index in [9.17, 15) is 0 Å². The van der Waals surface area contributed by atoms with Crippen molar-refractivity contribution in [3.05, 3.63) is 0 Å². The summed E-state index contributed by atoms with van der Waals surface area (Å²) in [5, 5.41) is 0. The van der Waals surface area contributed by atoms with Crippen LogP contribution in [0, 0.1) is 0 Å². The first-order valence-electron chi connectivity index (χ1n) is 4.80. The largest absolute Gasteiger partial charge is 0.679 e. The maximum Gasteiger partial charge on any atom is 0.679 e. The Bertz CT molecular complexity index is 96.4. The summed E-state index contributed by atoms with van der Waals surface area (Å²) in [5.41, 5.74) is 0. The Balaban J connectivity index is 0. The molecule has 0 aliphatic heterocycles. The Morgan fingerprint density at radius 2 is 0.857 bits per heavy atom. The van der Waals surface area contributed by atoms with Crippen molar-refractivity contribution in [3.63, 3.8) is 0 Å². The van der Waals surface area contributed by atoms with E-state index in [0.717, 1.165) is 0 Å². The Kier molecular flexibility index (Phi) is 12.7. The van der Waals surface area contributed by atoms with E-state index in [1.54, 1.807) is 0 Å². The number of hydrogen-bond acceptors (Lipinski definition) is 4. The molecule has 0 heterocycles. The third kappa shape index (κ3) is 6.31. The van der Waals surface area contributed by atoms with E-state index in [1.807, 2.05) is 27.7 Å². The van der Waals surface area contributed by atoms with Gasteiger partial charge in [-0.2, -0.15) is 0 Å². The Hall–Kier alpha value is 0.797. The molecule has 1 radical (unpaired) electrons. The fourth-order valence-corrected chi connectivity index (χ4v) is 2.87. The molecule has 0 saturated carbocycles. The summed E-state index contributed by atoms with van der Waals surface area (Å²) in [5.74, 6) is 0. The zero-order chi connectivity index (χ0) is 10.2. The molecule has 0 saturated heterocycles. The summed E-state index contributed by atoms with van der Waals surface area (Å²) in [6, 6.07) is 0. The molecule has 4 nitrogen and oxygen atoms in total. The average molecular weight is 316 g/mol. The molecule has 0 aliphatic rings. The van der Waals surface area contributed by atoms with Gasteiger partial charge in [0.1, 0.15) is 0 Å². The minimum Gasteiger partial charge on any atom is -0.351 e. The monoisotopic (exact) mass is 315 g/mol. The summed E-state index contributed by atoms with van der Waals surface area (Å²) in [6.07, 6.45) is 0. The molecule has 6 heteroatoms. The summed E-state index contributed by atoms with van der Waals surface area (Å²) in [6.45, 7) is 9.80. The quantitative estimate of drug-likeness (QED) is 0.637. The van der Waals surface area contributed by atoms with Gasteiger partial charge < -0.3 is 17.7 Å². The third-order valence-corrected chi connectivity index (χ3v) is 3.85. The SMILES string of the molecule is CCO[Si](OCC)(OCC)OCC.[Ag]. The van der Waals surface area contributed by atoms with Crippen LogP contribution in [0.3, 0.4) is 0 Å². The summed E-state index contributed by atoms with van der Waals surface area (Å²) in [7, 11) is -2.80. The van der Waals surface area contributed by atoms with Crippen molar-refractivity contribution in [1.29, 1.82) is 0 Å². The fourth-order valence-electron chi connectivity index (χ4n) is 0.957. The second-order valence-electron chi connectivity index (χ2n) is 2.23. The van der Waals surface area contributed by atoms with Gasteiger partial charge in [-0.1, -0.05) is 0 Å². The van der Waals surface area contributed by atoms with Gasteiger partial charge in [0.05, 0.1) is 0 Å². The van der Waals surface area contributed by atoms with E-state index in [4.69, 9.17) is 17.7 Å². The van der Waals surface area contributed by atoms with E-state index in [-0.39, 0.29) is 22.4 Å². The van der Waals surface area contributed by atoms with Crippen molar-refractivity contribution in [2.24, 2.45) is 0 Å². The first-order chi connectivity index (χ1) is 6.24. The molecular formula is C8H20AgO4Si. The molecule has 0 unspecified atom stereocenters. The van der Waals surface area contributed by atoms with Crippen LogP contribution in [0.1, 0.15) is 27.7 Å². The van der Waals surface area contributed by atoms with Crippen LogP contribution in [0.15, 0.2) is 0 Å². The minimum atomic E-state index is -2.80. The maximum absolute atomic E-state index is 5.42. The number of rotatable bonds is 8. The molecule has 0 bridgehead atoms. The molecule has 0 fully saturated rings. The van der Waals surface area contributed by atoms with E-state index in [0.29, 0.717) is 26.4 Å². The molecule has 91 valence electrons. The van der Waals surface area contributed by atoms with Gasteiger partial charge in [0.2, 0.25) is 0 Å². The molecule has 0 aromatic carbocycles. The third-order valence-electron chi connectivity index (χ3n) is 1.28. The Morgan fingerprint density at radius 1 is 0.643 bits per heavy atom. The van der Waals surface area contributed by atoms with Crippen LogP contribution in [-0.2, 0) is 40.1 Å². The van der Waals surface area contributed by atoms with Crippen LogP contribution in [0.5, 0.6) is 0 Å². The van der Waals surface area contributed by atoms with Crippen molar-refractivity contribution < 1.29 is 40.1 Å². The van der Waals surface area contributed by atoms with E-state index >= 15 is 0 Å². The summed E-state index contributed by atoms with van der Waals surface area (Å²) >= 11 is 0. The van der Waals surface area contributed by atoms with E-state index < -0.39 is 9.05 Å². The van der Waals surface area contributed by atoms with Crippen molar-refractivity contribution in [2.75, 3.05) is 26.4 Å². The molecule has 0 atom stereocenters. The van der Waals surface area contributed by atoms with Crippen LogP contribution in [0.4, 0.5) is 0 Å². The number of hydrogen-bond donors (Lipinski definition) is 0. The van der Waals surface area contributed by atoms with Crippen LogP contribution in [0.25, 0.3) is 0 Å². The molecule has 0 aromatic heterocycles. The van der Waals surface area contributed by atoms with Crippen molar-refractivity contribution in [3.8, 4) is 0 Å². The molecule has 0 aromatic rings. The minimum absolute atomic E-state index is 0. The summed E-state index contributed by atoms with van der Waals surface area (Å²) < 4.78 is 21.7. The molecule has 0 aliphatic carbocycles. The topological polar surface area (TPSA) is 36.9 Å². The van der Waals surface area contributed by atoms with E-state index in [2.05, 4.69) is 0 Å². The van der Waals surface area contributed by atoms with Crippen LogP contribution in [0.2, 0.25) is 0 Å². The fraction of sp³-hybridized carbons (Fsp3) is 1.00. The van der Waals surface area contributed by atoms with Crippen LogP contribution < -0.4 is 0 Å². The molecular weight excluding hydrogens is 296 g/mol. The van der Waals surface area contributed by atoms with E-state index in [1.165, 1.54) is 0 Å². The predicted molar refractivity (Wildman–Crippen MR) is 52.3 cm³/mol. The van der Waals surface area contributed by atoms with Crippen molar-refractivity contribution in [2.45, 2.75) is 27.7 Å². The molecule has 0 amide bonds. The van der Waals surface area contributed by atoms with Gasteiger partial charge >= 0.3 is 9.05 Å². The molecule has 14 heavy (non-hydrogen) atoms. The van der Waals surface area contributed by atoms with Gasteiger partial charge in [0.25, 0.3) is 0 Å². The molecule has 0 N–H and O–H groups in total. The van der Waals surface area contributed by atoms with Crippen LogP contribution >= 0.6 is 0 Å². The van der Waals surface area contributed by atoms with Gasteiger partial charge in [-0.15, -0.1) is 0 Å². The first kappa shape index (κ1) is 17.2. The second-order valence-corrected chi connectivity index (χ2v) is 4.39. The Morgan fingerprint density at radius 3 is 1.00 bits per heavy atom. The average Bonchev–Trinajstić information content (AvgIpc) is 2.06. The zero-order valence-corrected chi connectivity index (χ0v) is 11.7. The molecule has 0 spiro atoms. The first-order valence-corrected chi connectivity index (χ1v) is 6.43. The standard InChI is InChI=1S/C8H20O4Si.Ag/c1-5-9-13(10-6-2,11-7-3)12-8-4;/h5-8H2,1-4H3;. The van der Waals surface area contributed by atoms with Gasteiger partial charge in [-0.3, -0.25) is 0 Å². The van der Waals surface area contributed by atoms with Gasteiger partial charge in [0, 0.05) is 48.8 Å². The normalized spacial score (nSPS) is 11.1. The smallest absolute Gasteiger partial charge is 0.351 e. The van der Waals surface area contributed by atoms with Crippen LogP contribution in [-0.4, -0.2) is 35.5 Å². The maximum atomic E-state index is 5.42. The van der Waals surface area contributed by atoms with Crippen molar-refractivity contribution >= 4 is 9.05 Å². The Labute approximate surface area is 103 Å². The predicted octanol–water partition coefficient (Wildman–Crippen LogP) is 1.57. The zero-order valence-electron chi connectivity index (χ0n) is 9.26. The van der Waals surface area contributed by atoms with Gasteiger partial charge in [-0.05, 0) is 27.7 Å². The van der Waals surface area contributed by atoms with Gasteiger partial charge in [0.15, 0.2) is 0 Å².